The molecule has 0 heterocycles. The molecule has 68 valence electrons. The summed E-state index contributed by atoms with van der Waals surface area (Å²) in [5.74, 6) is 0. The summed E-state index contributed by atoms with van der Waals surface area (Å²) in [5, 5.41) is 0. The molecule has 0 bridgehead atoms. The van der Waals surface area contributed by atoms with Crippen LogP contribution < -0.4 is 0 Å². The molecule has 0 aliphatic rings. The molecular weight excluding hydrogens is 196 g/mol. The molecule has 1 unspecified atom stereocenters. The molecule has 0 aliphatic carbocycles. The van der Waals surface area contributed by atoms with Gasteiger partial charge < -0.3 is 9.16 Å². The molecule has 11 heavy (non-hydrogen) atoms. The van der Waals surface area contributed by atoms with Gasteiger partial charge in [-0.05, 0) is 0 Å². The van der Waals surface area contributed by atoms with E-state index in [4.69, 9.17) is 20.8 Å². The van der Waals surface area contributed by atoms with Gasteiger partial charge in [0.05, 0.1) is 22.0 Å². The lowest BCUT2D eigenvalue weighted by Crippen LogP contribution is -2.20. The van der Waals surface area contributed by atoms with E-state index in [1.807, 2.05) is 0 Å². The van der Waals surface area contributed by atoms with Crippen molar-refractivity contribution in [1.29, 1.82) is 0 Å². The van der Waals surface area contributed by atoms with Gasteiger partial charge in [0.25, 0.3) is 0 Å². The summed E-state index contributed by atoms with van der Waals surface area (Å²) >= 11 is 5.65. The quantitative estimate of drug-likeness (QED) is 0.344. The van der Waals surface area contributed by atoms with Crippen molar-refractivity contribution in [2.45, 2.75) is 13.1 Å². The van der Waals surface area contributed by atoms with E-state index in [-0.39, 0.29) is 9.76 Å². The molecule has 0 spiro atoms. The van der Waals surface area contributed by atoms with E-state index in [0.29, 0.717) is 0 Å². The Morgan fingerprint density at radius 2 is 2.18 bits per heavy atom. The van der Waals surface area contributed by atoms with E-state index in [1.165, 1.54) is 0 Å². The maximum atomic E-state index is 5.65. The van der Waals surface area contributed by atoms with Crippen molar-refractivity contribution in [1.82, 2.24) is 0 Å². The van der Waals surface area contributed by atoms with Gasteiger partial charge in [-0.25, -0.2) is 0 Å². The van der Waals surface area contributed by atoms with Crippen LogP contribution in [0.5, 0.6) is 0 Å². The molecular formula is C6H17ClO2Si2. The minimum Gasteiger partial charge on any atom is -0.422 e. The molecule has 0 rings (SSSR count). The summed E-state index contributed by atoms with van der Waals surface area (Å²) in [5.41, 5.74) is 0.809. The first-order valence-corrected chi connectivity index (χ1v) is 9.34. The minimum atomic E-state index is -0.734. The van der Waals surface area contributed by atoms with Gasteiger partial charge in [0, 0.05) is 11.7 Å². The average Bonchev–Trinajstić information content (AvgIpc) is 2.04. The lowest BCUT2D eigenvalue weighted by molar-refractivity contribution is 0.133. The van der Waals surface area contributed by atoms with Gasteiger partial charge in [0.1, 0.15) is 0 Å². The zero-order valence-electron chi connectivity index (χ0n) is 7.31. The Kier molecular flexibility index (Phi) is 9.25. The van der Waals surface area contributed by atoms with Crippen LogP contribution in [-0.2, 0) is 9.16 Å². The zero-order chi connectivity index (χ0) is 8.53. The Morgan fingerprint density at radius 1 is 1.45 bits per heavy atom. The fourth-order valence-corrected chi connectivity index (χ4v) is 1.92. The van der Waals surface area contributed by atoms with Crippen LogP contribution in [0.4, 0.5) is 0 Å². The Balaban J connectivity index is 2.89. The van der Waals surface area contributed by atoms with Crippen LogP contribution in [0.15, 0.2) is 0 Å². The summed E-state index contributed by atoms with van der Waals surface area (Å²) in [4.78, 5) is 0. The zero-order valence-corrected chi connectivity index (χ0v) is 10.6. The molecule has 0 N–H and O–H groups in total. The van der Waals surface area contributed by atoms with Gasteiger partial charge in [0.15, 0.2) is 9.76 Å². The third-order valence-electron chi connectivity index (χ3n) is 1.24. The van der Waals surface area contributed by atoms with Gasteiger partial charge in [-0.1, -0.05) is 13.1 Å². The maximum Gasteiger partial charge on any atom is 0.158 e. The van der Waals surface area contributed by atoms with E-state index < -0.39 is 8.80 Å². The number of alkyl halides is 1. The fourth-order valence-electron chi connectivity index (χ4n) is 0.591. The summed E-state index contributed by atoms with van der Waals surface area (Å²) in [6.07, 6.45) is 0.887. The third-order valence-corrected chi connectivity index (χ3v) is 4.85. The second-order valence-electron chi connectivity index (χ2n) is 2.53. The van der Waals surface area contributed by atoms with E-state index >= 15 is 0 Å². The Morgan fingerprint density at radius 3 is 2.73 bits per heavy atom. The summed E-state index contributed by atoms with van der Waals surface area (Å²) in [7, 11) is -0.967. The maximum absolute atomic E-state index is 5.65. The molecule has 0 radical (unpaired) electrons. The highest BCUT2D eigenvalue weighted by molar-refractivity contribution is 6.65. The smallest absolute Gasteiger partial charge is 0.158 e. The monoisotopic (exact) mass is 212 g/mol. The first-order chi connectivity index (χ1) is 5.31. The van der Waals surface area contributed by atoms with Gasteiger partial charge >= 0.3 is 0 Å². The average molecular weight is 213 g/mol. The number of halogens is 1. The second-order valence-corrected chi connectivity index (χ2v) is 7.30. The molecule has 0 fully saturated rings. The Bertz CT molecular complexity index is 85.0. The SMILES string of the molecule is C[SiH2]OCCOC[SiH](C)CCl. The van der Waals surface area contributed by atoms with E-state index in [1.54, 1.807) is 0 Å². The fraction of sp³-hybridized carbons (Fsp3) is 1.00. The van der Waals surface area contributed by atoms with Crippen LogP contribution in [0.3, 0.4) is 0 Å². The van der Waals surface area contributed by atoms with Crippen molar-refractivity contribution in [2.75, 3.05) is 24.9 Å². The van der Waals surface area contributed by atoms with Crippen molar-refractivity contribution in [2.24, 2.45) is 0 Å². The minimum absolute atomic E-state index is 0.233. The molecule has 1 atom stereocenters. The summed E-state index contributed by atoms with van der Waals surface area (Å²) in [6.45, 7) is 5.85. The van der Waals surface area contributed by atoms with Gasteiger partial charge in [-0.3, -0.25) is 0 Å². The van der Waals surface area contributed by atoms with Crippen LogP contribution in [0, 0.1) is 0 Å². The third kappa shape index (κ3) is 8.55. The van der Waals surface area contributed by atoms with Gasteiger partial charge in [0.2, 0.25) is 0 Å². The molecule has 2 nitrogen and oxygen atoms in total. The first-order valence-electron chi connectivity index (χ1n) is 4.02. The van der Waals surface area contributed by atoms with Crippen molar-refractivity contribution in [3.8, 4) is 0 Å². The second kappa shape index (κ2) is 8.74. The lowest BCUT2D eigenvalue weighted by atomic mass is 10.8. The van der Waals surface area contributed by atoms with Crippen molar-refractivity contribution < 1.29 is 9.16 Å². The van der Waals surface area contributed by atoms with Crippen LogP contribution in [-0.4, -0.2) is 43.5 Å². The first kappa shape index (κ1) is 11.6. The molecule has 0 aromatic carbocycles. The predicted octanol–water partition coefficient (Wildman–Crippen LogP) is 0.326. The topological polar surface area (TPSA) is 18.5 Å². The van der Waals surface area contributed by atoms with E-state index in [9.17, 15) is 0 Å². The van der Waals surface area contributed by atoms with E-state index in [2.05, 4.69) is 13.1 Å². The normalized spacial score (nSPS) is 14.5. The van der Waals surface area contributed by atoms with Crippen molar-refractivity contribution in [3.63, 3.8) is 0 Å². The van der Waals surface area contributed by atoms with Crippen LogP contribution in [0.1, 0.15) is 0 Å². The predicted molar refractivity (Wildman–Crippen MR) is 54.9 cm³/mol. The molecule has 0 amide bonds. The Hall–Kier alpha value is 0.644. The molecule has 0 saturated heterocycles. The largest absolute Gasteiger partial charge is 0.422 e. The van der Waals surface area contributed by atoms with Gasteiger partial charge in [-0.15, -0.1) is 11.6 Å². The van der Waals surface area contributed by atoms with Crippen LogP contribution in [0.2, 0.25) is 13.1 Å². The molecule has 5 heteroatoms. The summed E-state index contributed by atoms with van der Waals surface area (Å²) in [6, 6.07) is 0. The molecule has 0 aromatic heterocycles. The van der Waals surface area contributed by atoms with Crippen LogP contribution in [0.25, 0.3) is 0 Å². The number of hydrogen-bond donors (Lipinski definition) is 0. The van der Waals surface area contributed by atoms with Crippen molar-refractivity contribution in [3.05, 3.63) is 0 Å². The molecule has 0 aromatic rings. The lowest BCUT2D eigenvalue weighted by Gasteiger charge is -2.06. The molecule has 0 aliphatic heterocycles. The highest BCUT2D eigenvalue weighted by Crippen LogP contribution is 1.87. The van der Waals surface area contributed by atoms with Crippen molar-refractivity contribution >= 4 is 30.2 Å². The van der Waals surface area contributed by atoms with Crippen LogP contribution >= 0.6 is 11.6 Å². The van der Waals surface area contributed by atoms with Gasteiger partial charge in [-0.2, -0.15) is 0 Å². The summed E-state index contributed by atoms with van der Waals surface area (Å²) < 4.78 is 10.6. The highest BCUT2D eigenvalue weighted by atomic mass is 35.5. The number of ether oxygens (including phenoxy) is 1. The number of hydrogen-bond acceptors (Lipinski definition) is 2. The number of rotatable bonds is 7. The van der Waals surface area contributed by atoms with E-state index in [0.717, 1.165) is 24.9 Å². The Labute approximate surface area is 77.8 Å². The highest BCUT2D eigenvalue weighted by Gasteiger charge is 2.00. The standard InChI is InChI=1S/C6H17ClO2Si2/c1-10-9-4-3-8-6-11(2)5-7/h11H,3-6,10H2,1-2H3. The molecule has 0 saturated carbocycles.